The summed E-state index contributed by atoms with van der Waals surface area (Å²) in [6, 6.07) is 6.93. The maximum Gasteiger partial charge on any atom is 0.213 e. The molecule has 2 aromatic rings. The standard InChI is InChI=1S/C13H17N3O3S/c1-2-9-20(17,18)12-6-4-3-5-11(12)14-8-7-13-15-10-19-16-13/h3-6,10,14H,2,7-9H2,1H3. The van der Waals surface area contributed by atoms with Crippen molar-refractivity contribution in [2.24, 2.45) is 0 Å². The topological polar surface area (TPSA) is 85.1 Å². The largest absolute Gasteiger partial charge is 0.384 e. The molecular formula is C13H17N3O3S. The Hall–Kier alpha value is -1.89. The van der Waals surface area contributed by atoms with E-state index >= 15 is 0 Å². The van der Waals surface area contributed by atoms with Crippen molar-refractivity contribution in [2.45, 2.75) is 24.7 Å². The van der Waals surface area contributed by atoms with Crippen molar-refractivity contribution in [1.29, 1.82) is 0 Å². The Balaban J connectivity index is 2.08. The molecule has 108 valence electrons. The fraction of sp³-hybridized carbons (Fsp3) is 0.385. The molecule has 0 radical (unpaired) electrons. The van der Waals surface area contributed by atoms with Crippen LogP contribution in [0.15, 0.2) is 40.1 Å². The van der Waals surface area contributed by atoms with Gasteiger partial charge in [0, 0.05) is 13.0 Å². The molecule has 0 aliphatic rings. The van der Waals surface area contributed by atoms with Gasteiger partial charge in [-0.25, -0.2) is 8.42 Å². The van der Waals surface area contributed by atoms with Crippen LogP contribution < -0.4 is 5.32 Å². The van der Waals surface area contributed by atoms with E-state index in [2.05, 4.69) is 20.0 Å². The summed E-state index contributed by atoms with van der Waals surface area (Å²) in [5.74, 6) is 0.739. The minimum absolute atomic E-state index is 0.149. The number of anilines is 1. The van der Waals surface area contributed by atoms with Crippen LogP contribution in [0.2, 0.25) is 0 Å². The summed E-state index contributed by atoms with van der Waals surface area (Å²) in [6.45, 7) is 2.39. The van der Waals surface area contributed by atoms with Crippen LogP contribution in [0.3, 0.4) is 0 Å². The zero-order valence-corrected chi connectivity index (χ0v) is 12.1. The maximum absolute atomic E-state index is 12.2. The van der Waals surface area contributed by atoms with Crippen molar-refractivity contribution < 1.29 is 12.9 Å². The molecule has 1 heterocycles. The van der Waals surface area contributed by atoms with Gasteiger partial charge in [0.1, 0.15) is 0 Å². The van der Waals surface area contributed by atoms with Gasteiger partial charge < -0.3 is 9.84 Å². The van der Waals surface area contributed by atoms with Gasteiger partial charge in [-0.1, -0.05) is 24.2 Å². The van der Waals surface area contributed by atoms with Crippen molar-refractivity contribution in [3.63, 3.8) is 0 Å². The zero-order valence-electron chi connectivity index (χ0n) is 11.2. The normalized spacial score (nSPS) is 11.4. The van der Waals surface area contributed by atoms with Gasteiger partial charge in [-0.2, -0.15) is 4.98 Å². The van der Waals surface area contributed by atoms with E-state index < -0.39 is 9.84 Å². The molecule has 2 rings (SSSR count). The fourth-order valence-electron chi connectivity index (χ4n) is 1.87. The van der Waals surface area contributed by atoms with Crippen LogP contribution in [0.1, 0.15) is 19.2 Å². The van der Waals surface area contributed by atoms with E-state index in [1.807, 2.05) is 13.0 Å². The van der Waals surface area contributed by atoms with Crippen LogP contribution in [0.25, 0.3) is 0 Å². The molecule has 20 heavy (non-hydrogen) atoms. The monoisotopic (exact) mass is 295 g/mol. The quantitative estimate of drug-likeness (QED) is 0.840. The predicted octanol–water partition coefficient (Wildman–Crippen LogP) is 1.91. The summed E-state index contributed by atoms with van der Waals surface area (Å²) in [7, 11) is -3.24. The highest BCUT2D eigenvalue weighted by Gasteiger charge is 2.17. The predicted molar refractivity (Wildman–Crippen MR) is 75.3 cm³/mol. The minimum atomic E-state index is -3.24. The van der Waals surface area contributed by atoms with Gasteiger partial charge in [0.15, 0.2) is 15.7 Å². The summed E-state index contributed by atoms with van der Waals surface area (Å²) >= 11 is 0. The Kier molecular flexibility index (Phi) is 4.73. The molecule has 1 aromatic heterocycles. The molecular weight excluding hydrogens is 278 g/mol. The zero-order chi connectivity index (χ0) is 14.4. The molecule has 1 N–H and O–H groups in total. The van der Waals surface area contributed by atoms with E-state index in [4.69, 9.17) is 0 Å². The molecule has 0 aliphatic carbocycles. The van der Waals surface area contributed by atoms with Gasteiger partial charge in [-0.3, -0.25) is 0 Å². The molecule has 0 saturated carbocycles. The third kappa shape index (κ3) is 3.57. The van der Waals surface area contributed by atoms with Gasteiger partial charge in [-0.05, 0) is 18.6 Å². The number of nitrogens with zero attached hydrogens (tertiary/aromatic N) is 2. The minimum Gasteiger partial charge on any atom is -0.384 e. The first kappa shape index (κ1) is 14.5. The molecule has 6 nitrogen and oxygen atoms in total. The third-order valence-corrected chi connectivity index (χ3v) is 4.74. The number of benzene rings is 1. The van der Waals surface area contributed by atoms with Gasteiger partial charge in [-0.15, -0.1) is 0 Å². The average molecular weight is 295 g/mol. The Labute approximate surface area is 118 Å². The van der Waals surface area contributed by atoms with E-state index in [1.54, 1.807) is 18.2 Å². The molecule has 0 atom stereocenters. The maximum atomic E-state index is 12.2. The van der Waals surface area contributed by atoms with Crippen molar-refractivity contribution in [3.8, 4) is 0 Å². The van der Waals surface area contributed by atoms with Crippen molar-refractivity contribution in [3.05, 3.63) is 36.5 Å². The number of hydrogen-bond donors (Lipinski definition) is 1. The summed E-state index contributed by atoms with van der Waals surface area (Å²) in [5, 5.41) is 6.82. The molecule has 0 unspecified atom stereocenters. The number of hydrogen-bond acceptors (Lipinski definition) is 6. The Morgan fingerprint density at radius 2 is 2.10 bits per heavy atom. The van der Waals surface area contributed by atoms with Crippen LogP contribution in [0.5, 0.6) is 0 Å². The second-order valence-electron chi connectivity index (χ2n) is 4.34. The Bertz CT molecular complexity index is 639. The first-order valence-corrected chi connectivity index (χ1v) is 8.09. The highest BCUT2D eigenvalue weighted by Crippen LogP contribution is 2.22. The van der Waals surface area contributed by atoms with Crippen molar-refractivity contribution in [2.75, 3.05) is 17.6 Å². The van der Waals surface area contributed by atoms with E-state index in [1.165, 1.54) is 6.39 Å². The first-order chi connectivity index (χ1) is 9.63. The fourth-order valence-corrected chi connectivity index (χ4v) is 3.39. The van der Waals surface area contributed by atoms with Gasteiger partial charge in [0.25, 0.3) is 0 Å². The highest BCUT2D eigenvalue weighted by molar-refractivity contribution is 7.91. The van der Waals surface area contributed by atoms with Crippen molar-refractivity contribution >= 4 is 15.5 Å². The van der Waals surface area contributed by atoms with Gasteiger partial charge in [0.2, 0.25) is 6.39 Å². The van der Waals surface area contributed by atoms with E-state index in [0.29, 0.717) is 35.8 Å². The second-order valence-corrected chi connectivity index (χ2v) is 6.42. The van der Waals surface area contributed by atoms with Crippen LogP contribution in [0, 0.1) is 0 Å². The molecule has 7 heteroatoms. The molecule has 0 spiro atoms. The molecule has 0 bridgehead atoms. The van der Waals surface area contributed by atoms with Crippen LogP contribution in [-0.4, -0.2) is 30.9 Å². The molecule has 0 amide bonds. The molecule has 0 fully saturated rings. The lowest BCUT2D eigenvalue weighted by Crippen LogP contribution is -2.12. The van der Waals surface area contributed by atoms with Gasteiger partial charge in [0.05, 0.1) is 16.3 Å². The summed E-state index contributed by atoms with van der Waals surface area (Å²) in [6.07, 6.45) is 2.44. The van der Waals surface area contributed by atoms with E-state index in [-0.39, 0.29) is 5.75 Å². The summed E-state index contributed by atoms with van der Waals surface area (Å²) < 4.78 is 29.0. The summed E-state index contributed by atoms with van der Waals surface area (Å²) in [4.78, 5) is 4.25. The Morgan fingerprint density at radius 3 is 2.80 bits per heavy atom. The second kappa shape index (κ2) is 6.51. The smallest absolute Gasteiger partial charge is 0.213 e. The van der Waals surface area contributed by atoms with Crippen LogP contribution >= 0.6 is 0 Å². The lowest BCUT2D eigenvalue weighted by Gasteiger charge is -2.11. The first-order valence-electron chi connectivity index (χ1n) is 6.44. The molecule has 1 aromatic carbocycles. The van der Waals surface area contributed by atoms with E-state index in [0.717, 1.165) is 0 Å². The third-order valence-electron chi connectivity index (χ3n) is 2.77. The lowest BCUT2D eigenvalue weighted by molar-refractivity contribution is 0.410. The highest BCUT2D eigenvalue weighted by atomic mass is 32.2. The van der Waals surface area contributed by atoms with Crippen LogP contribution in [-0.2, 0) is 16.3 Å². The number of para-hydroxylation sites is 1. The number of sulfone groups is 1. The number of nitrogens with one attached hydrogen (secondary N) is 1. The van der Waals surface area contributed by atoms with Gasteiger partial charge >= 0.3 is 0 Å². The Morgan fingerprint density at radius 1 is 1.30 bits per heavy atom. The van der Waals surface area contributed by atoms with E-state index in [9.17, 15) is 8.42 Å². The number of aromatic nitrogens is 2. The SMILES string of the molecule is CCCS(=O)(=O)c1ccccc1NCCc1ncon1. The van der Waals surface area contributed by atoms with Crippen molar-refractivity contribution in [1.82, 2.24) is 10.1 Å². The average Bonchev–Trinajstić information content (AvgIpc) is 2.92. The van der Waals surface area contributed by atoms with Crippen LogP contribution in [0.4, 0.5) is 5.69 Å². The number of rotatable bonds is 7. The lowest BCUT2D eigenvalue weighted by atomic mass is 10.3. The summed E-state index contributed by atoms with van der Waals surface area (Å²) in [5.41, 5.74) is 0.615. The molecule has 0 saturated heterocycles. The molecule has 0 aliphatic heterocycles.